The van der Waals surface area contributed by atoms with Gasteiger partial charge in [-0.25, -0.2) is 0 Å². The molecule has 0 amide bonds. The van der Waals surface area contributed by atoms with Gasteiger partial charge in [0.1, 0.15) is 0 Å². The van der Waals surface area contributed by atoms with Gasteiger partial charge in [-0.1, -0.05) is 27.2 Å². The first-order chi connectivity index (χ1) is 7.79. The van der Waals surface area contributed by atoms with Crippen molar-refractivity contribution in [2.24, 2.45) is 5.92 Å². The number of hydrogen-bond donors (Lipinski definition) is 1. The summed E-state index contributed by atoms with van der Waals surface area (Å²) in [5.74, 6) is 3.41. The first kappa shape index (κ1) is 14.3. The Kier molecular flexibility index (Phi) is 7.50. The fraction of sp³-hybridized carbons (Fsp3) is 1.00. The van der Waals surface area contributed by atoms with Crippen LogP contribution in [0, 0.1) is 5.92 Å². The summed E-state index contributed by atoms with van der Waals surface area (Å²) < 4.78 is 0. The summed E-state index contributed by atoms with van der Waals surface area (Å²) in [6.07, 6.45) is 2.65. The van der Waals surface area contributed by atoms with Crippen molar-refractivity contribution in [1.82, 2.24) is 10.2 Å². The summed E-state index contributed by atoms with van der Waals surface area (Å²) in [7, 11) is 0. The molecular weight excluding hydrogens is 216 g/mol. The summed E-state index contributed by atoms with van der Waals surface area (Å²) >= 11 is 2.07. The summed E-state index contributed by atoms with van der Waals surface area (Å²) in [6.45, 7) is 11.9. The molecule has 2 atom stereocenters. The second-order valence-corrected chi connectivity index (χ2v) is 6.14. The standard InChI is InChI=1S/C13H28N2S/c1-4-12(3)13-11-14-7-9-15(13)8-6-10-16-5-2/h12-14H,4-11H2,1-3H3. The number of piperazine rings is 1. The Morgan fingerprint density at radius 2 is 2.25 bits per heavy atom. The maximum absolute atomic E-state index is 3.53. The molecule has 1 rings (SSSR count). The Morgan fingerprint density at radius 1 is 1.44 bits per heavy atom. The van der Waals surface area contributed by atoms with Gasteiger partial charge in [0.25, 0.3) is 0 Å². The van der Waals surface area contributed by atoms with E-state index in [2.05, 4.69) is 42.7 Å². The molecule has 0 aliphatic carbocycles. The van der Waals surface area contributed by atoms with Crippen LogP contribution >= 0.6 is 11.8 Å². The molecule has 0 aromatic heterocycles. The lowest BCUT2D eigenvalue weighted by Gasteiger charge is -2.39. The number of thioether (sulfide) groups is 1. The Balaban J connectivity index is 2.29. The molecule has 2 unspecified atom stereocenters. The van der Waals surface area contributed by atoms with Gasteiger partial charge >= 0.3 is 0 Å². The monoisotopic (exact) mass is 244 g/mol. The van der Waals surface area contributed by atoms with Crippen LogP contribution in [0.5, 0.6) is 0 Å². The Hall–Kier alpha value is 0.270. The number of nitrogens with zero attached hydrogens (tertiary/aromatic N) is 1. The van der Waals surface area contributed by atoms with Crippen LogP contribution in [0.2, 0.25) is 0 Å². The zero-order valence-electron chi connectivity index (χ0n) is 11.2. The molecule has 0 aromatic carbocycles. The molecule has 1 aliphatic heterocycles. The Labute approximate surface area is 106 Å². The quantitative estimate of drug-likeness (QED) is 0.693. The van der Waals surface area contributed by atoms with Gasteiger partial charge in [0.2, 0.25) is 0 Å². The van der Waals surface area contributed by atoms with Crippen molar-refractivity contribution in [3.05, 3.63) is 0 Å². The van der Waals surface area contributed by atoms with Gasteiger partial charge in [0.05, 0.1) is 0 Å². The van der Waals surface area contributed by atoms with Crippen LogP contribution in [0.1, 0.15) is 33.6 Å². The van der Waals surface area contributed by atoms with Gasteiger partial charge in [-0.15, -0.1) is 0 Å². The largest absolute Gasteiger partial charge is 0.314 e. The highest BCUT2D eigenvalue weighted by molar-refractivity contribution is 7.99. The summed E-state index contributed by atoms with van der Waals surface area (Å²) in [4.78, 5) is 2.71. The van der Waals surface area contributed by atoms with E-state index in [1.54, 1.807) is 0 Å². The van der Waals surface area contributed by atoms with E-state index in [4.69, 9.17) is 0 Å². The van der Waals surface area contributed by atoms with Crippen LogP contribution in [-0.2, 0) is 0 Å². The van der Waals surface area contributed by atoms with Crippen molar-refractivity contribution in [2.75, 3.05) is 37.7 Å². The van der Waals surface area contributed by atoms with Crippen LogP contribution in [0.3, 0.4) is 0 Å². The predicted octanol–water partition coefficient (Wildman–Crippen LogP) is 2.45. The Bertz CT molecular complexity index is 175. The zero-order chi connectivity index (χ0) is 11.8. The van der Waals surface area contributed by atoms with Crippen molar-refractivity contribution in [1.29, 1.82) is 0 Å². The topological polar surface area (TPSA) is 15.3 Å². The fourth-order valence-corrected chi connectivity index (χ4v) is 3.01. The van der Waals surface area contributed by atoms with E-state index in [9.17, 15) is 0 Å². The summed E-state index contributed by atoms with van der Waals surface area (Å²) in [5.41, 5.74) is 0. The molecule has 0 saturated carbocycles. The highest BCUT2D eigenvalue weighted by Crippen LogP contribution is 2.17. The number of hydrogen-bond acceptors (Lipinski definition) is 3. The van der Waals surface area contributed by atoms with E-state index in [1.165, 1.54) is 50.5 Å². The molecule has 2 nitrogen and oxygen atoms in total. The molecule has 1 heterocycles. The van der Waals surface area contributed by atoms with E-state index in [1.807, 2.05) is 0 Å². The number of nitrogens with one attached hydrogen (secondary N) is 1. The molecule has 1 N–H and O–H groups in total. The van der Waals surface area contributed by atoms with Crippen LogP contribution < -0.4 is 5.32 Å². The van der Waals surface area contributed by atoms with E-state index in [0.29, 0.717) is 0 Å². The highest BCUT2D eigenvalue weighted by atomic mass is 32.2. The summed E-state index contributed by atoms with van der Waals surface area (Å²) in [6, 6.07) is 0.769. The molecule has 0 aromatic rings. The van der Waals surface area contributed by atoms with Crippen molar-refractivity contribution >= 4 is 11.8 Å². The minimum atomic E-state index is 0.769. The molecule has 96 valence electrons. The lowest BCUT2D eigenvalue weighted by molar-refractivity contribution is 0.117. The Morgan fingerprint density at radius 3 is 2.94 bits per heavy atom. The van der Waals surface area contributed by atoms with E-state index in [-0.39, 0.29) is 0 Å². The highest BCUT2D eigenvalue weighted by Gasteiger charge is 2.25. The third-order valence-corrected chi connectivity index (χ3v) is 4.62. The van der Waals surface area contributed by atoms with Crippen LogP contribution in [0.15, 0.2) is 0 Å². The van der Waals surface area contributed by atoms with Crippen molar-refractivity contribution < 1.29 is 0 Å². The SMILES string of the molecule is CCSCCCN1CCNCC1C(C)CC. The molecule has 0 spiro atoms. The fourth-order valence-electron chi connectivity index (χ4n) is 2.39. The smallest absolute Gasteiger partial charge is 0.0246 e. The van der Waals surface area contributed by atoms with Gasteiger partial charge < -0.3 is 5.32 Å². The first-order valence-corrected chi connectivity index (χ1v) is 7.97. The molecular formula is C13H28N2S. The predicted molar refractivity (Wildman–Crippen MR) is 75.3 cm³/mol. The maximum atomic E-state index is 3.53. The van der Waals surface area contributed by atoms with E-state index in [0.717, 1.165) is 12.0 Å². The first-order valence-electron chi connectivity index (χ1n) is 6.82. The molecule has 0 bridgehead atoms. The second-order valence-electron chi connectivity index (χ2n) is 4.74. The van der Waals surface area contributed by atoms with Gasteiger partial charge in [-0.3, -0.25) is 4.90 Å². The van der Waals surface area contributed by atoms with E-state index < -0.39 is 0 Å². The molecule has 0 radical (unpaired) electrons. The van der Waals surface area contributed by atoms with Gasteiger partial charge in [-0.05, 0) is 30.4 Å². The average molecular weight is 244 g/mol. The maximum Gasteiger partial charge on any atom is 0.0246 e. The number of rotatable bonds is 7. The normalized spacial score (nSPS) is 24.6. The average Bonchev–Trinajstić information content (AvgIpc) is 2.34. The molecule has 1 aliphatic rings. The molecule has 1 fully saturated rings. The third-order valence-electron chi connectivity index (χ3n) is 3.64. The van der Waals surface area contributed by atoms with Crippen molar-refractivity contribution in [2.45, 2.75) is 39.7 Å². The molecule has 16 heavy (non-hydrogen) atoms. The van der Waals surface area contributed by atoms with Crippen LogP contribution in [0.4, 0.5) is 0 Å². The van der Waals surface area contributed by atoms with Crippen molar-refractivity contribution in [3.63, 3.8) is 0 Å². The lowest BCUT2D eigenvalue weighted by atomic mass is 9.96. The van der Waals surface area contributed by atoms with Crippen LogP contribution in [-0.4, -0.2) is 48.6 Å². The zero-order valence-corrected chi connectivity index (χ0v) is 12.0. The van der Waals surface area contributed by atoms with Crippen LogP contribution in [0.25, 0.3) is 0 Å². The minimum absolute atomic E-state index is 0.769. The van der Waals surface area contributed by atoms with Gasteiger partial charge in [0.15, 0.2) is 0 Å². The molecule has 1 saturated heterocycles. The second kappa shape index (κ2) is 8.37. The van der Waals surface area contributed by atoms with E-state index >= 15 is 0 Å². The van der Waals surface area contributed by atoms with Gasteiger partial charge in [-0.2, -0.15) is 11.8 Å². The minimum Gasteiger partial charge on any atom is -0.314 e. The van der Waals surface area contributed by atoms with Gasteiger partial charge in [0, 0.05) is 25.7 Å². The third kappa shape index (κ3) is 4.64. The van der Waals surface area contributed by atoms with Crippen molar-refractivity contribution in [3.8, 4) is 0 Å². The summed E-state index contributed by atoms with van der Waals surface area (Å²) in [5, 5.41) is 3.53. The molecule has 3 heteroatoms. The lowest BCUT2D eigenvalue weighted by Crippen LogP contribution is -2.54.